The first kappa shape index (κ1) is 30.4. The average molecular weight is 633 g/mol. The summed E-state index contributed by atoms with van der Waals surface area (Å²) in [7, 11) is 0. The van der Waals surface area contributed by atoms with Crippen LogP contribution < -0.4 is 15.0 Å². The van der Waals surface area contributed by atoms with Crippen molar-refractivity contribution < 1.29 is 22.7 Å². The van der Waals surface area contributed by atoms with E-state index in [4.69, 9.17) is 0 Å². The molecule has 0 radical (unpaired) electrons. The van der Waals surface area contributed by atoms with Gasteiger partial charge in [0.15, 0.2) is 11.0 Å². The number of ether oxygens (including phenoxy) is 1. The molecule has 0 bridgehead atoms. The molecule has 2 amide bonds. The molecule has 0 saturated carbocycles. The van der Waals surface area contributed by atoms with Gasteiger partial charge in [-0.15, -0.1) is 18.3 Å². The zero-order valence-electron chi connectivity index (χ0n) is 24.7. The largest absolute Gasteiger partial charge is 0.573 e. The lowest BCUT2D eigenvalue weighted by molar-refractivity contribution is -0.274. The van der Waals surface area contributed by atoms with Crippen LogP contribution in [0, 0.1) is 0 Å². The topological polar surface area (TPSA) is 84.6 Å². The van der Waals surface area contributed by atoms with Crippen molar-refractivity contribution in [2.45, 2.75) is 45.4 Å². The molecule has 0 atom stereocenters. The zero-order valence-corrected chi connectivity index (χ0v) is 25.5. The molecule has 1 N–H and O–H groups in total. The standard InChI is InChI=1S/C33H31F3N6O2S/c1-21(2)26-6-3-4-9-29(26)41-18-19-45-32(41)39-31(43)38-28-8-5-7-27(28)22-10-12-23(13-11-22)30-37-20-42(40-30)24-14-16-25(17-15-24)44-33(34,35)36/h3-4,6,9-17,20-21H,5,7-8,18-19H2,1-2H3,(H,38,43)/b39-32-. The summed E-state index contributed by atoms with van der Waals surface area (Å²) in [5.41, 5.74) is 6.62. The van der Waals surface area contributed by atoms with E-state index >= 15 is 0 Å². The normalized spacial score (nSPS) is 16.2. The Kier molecular flexibility index (Phi) is 8.66. The van der Waals surface area contributed by atoms with Crippen molar-refractivity contribution in [2.75, 3.05) is 17.2 Å². The fourth-order valence-electron chi connectivity index (χ4n) is 5.52. The van der Waals surface area contributed by atoms with E-state index in [9.17, 15) is 18.0 Å². The van der Waals surface area contributed by atoms with Crippen LogP contribution in [0.3, 0.4) is 0 Å². The van der Waals surface area contributed by atoms with Crippen LogP contribution in [-0.2, 0) is 0 Å². The Balaban J connectivity index is 1.15. The monoisotopic (exact) mass is 632 g/mol. The van der Waals surface area contributed by atoms with Gasteiger partial charge in [0.25, 0.3) is 0 Å². The van der Waals surface area contributed by atoms with E-state index in [2.05, 4.69) is 56.0 Å². The molecule has 8 nitrogen and oxygen atoms in total. The molecule has 6 rings (SSSR count). The van der Waals surface area contributed by atoms with Gasteiger partial charge in [-0.05, 0) is 72.2 Å². The number of nitrogens with one attached hydrogen (secondary N) is 1. The molecule has 12 heteroatoms. The summed E-state index contributed by atoms with van der Waals surface area (Å²) in [6, 6.07) is 21.1. The predicted octanol–water partition coefficient (Wildman–Crippen LogP) is 8.17. The van der Waals surface area contributed by atoms with Gasteiger partial charge in [0.2, 0.25) is 0 Å². The molecular weight excluding hydrogens is 601 g/mol. The summed E-state index contributed by atoms with van der Waals surface area (Å²) >= 11 is 1.59. The maximum Gasteiger partial charge on any atom is 0.573 e. The lowest BCUT2D eigenvalue weighted by Crippen LogP contribution is -2.28. The number of urea groups is 1. The highest BCUT2D eigenvalue weighted by Gasteiger charge is 2.31. The fourth-order valence-corrected chi connectivity index (χ4v) is 6.47. The number of aliphatic imine (C=N–C) groups is 1. The molecule has 1 saturated heterocycles. The number of para-hydroxylation sites is 1. The first-order chi connectivity index (χ1) is 21.6. The molecule has 0 spiro atoms. The molecule has 3 aromatic carbocycles. The smallest absolute Gasteiger partial charge is 0.406 e. The highest BCUT2D eigenvalue weighted by Crippen LogP contribution is 2.35. The Morgan fingerprint density at radius 3 is 2.47 bits per heavy atom. The molecule has 45 heavy (non-hydrogen) atoms. The second-order valence-electron chi connectivity index (χ2n) is 11.0. The van der Waals surface area contributed by atoms with Crippen molar-refractivity contribution in [1.82, 2.24) is 20.1 Å². The molecule has 1 fully saturated rings. The number of carbonyl (C=O) groups excluding carboxylic acids is 1. The number of halogens is 3. The fraction of sp³-hybridized carbons (Fsp3) is 0.273. The second kappa shape index (κ2) is 12.8. The Labute approximate surface area is 263 Å². The minimum Gasteiger partial charge on any atom is -0.406 e. The molecule has 0 unspecified atom stereocenters. The van der Waals surface area contributed by atoms with Crippen LogP contribution in [0.4, 0.5) is 23.7 Å². The van der Waals surface area contributed by atoms with Crippen LogP contribution in [0.2, 0.25) is 0 Å². The number of amides is 2. The van der Waals surface area contributed by atoms with Gasteiger partial charge < -0.3 is 15.0 Å². The molecule has 4 aromatic rings. The Hall–Kier alpha value is -4.58. The third-order valence-corrected chi connectivity index (χ3v) is 8.57. The number of hydrogen-bond acceptors (Lipinski definition) is 5. The van der Waals surface area contributed by atoms with Gasteiger partial charge in [0, 0.05) is 29.2 Å². The number of anilines is 1. The van der Waals surface area contributed by atoms with Gasteiger partial charge in [-0.2, -0.15) is 4.99 Å². The summed E-state index contributed by atoms with van der Waals surface area (Å²) in [5, 5.41) is 8.25. The first-order valence-corrected chi connectivity index (χ1v) is 15.6. The van der Waals surface area contributed by atoms with Crippen molar-refractivity contribution >= 4 is 34.2 Å². The van der Waals surface area contributed by atoms with Crippen molar-refractivity contribution in [2.24, 2.45) is 4.99 Å². The Bertz CT molecular complexity index is 1750. The van der Waals surface area contributed by atoms with E-state index in [1.165, 1.54) is 40.8 Å². The predicted molar refractivity (Wildman–Crippen MR) is 171 cm³/mol. The number of aromatic nitrogens is 3. The molecule has 2 aliphatic rings. The number of allylic oxidation sites excluding steroid dienone is 2. The Morgan fingerprint density at radius 1 is 1.00 bits per heavy atom. The van der Waals surface area contributed by atoms with E-state index in [1.807, 2.05) is 36.4 Å². The highest BCUT2D eigenvalue weighted by atomic mass is 32.2. The van der Waals surface area contributed by atoms with Gasteiger partial charge >= 0.3 is 12.4 Å². The van der Waals surface area contributed by atoms with E-state index in [1.54, 1.807) is 11.8 Å². The molecule has 1 aromatic heterocycles. The summed E-state index contributed by atoms with van der Waals surface area (Å²) in [6.07, 6.45) is -0.706. The SMILES string of the molecule is CC(C)c1ccccc1N1CCS/C1=N\C(=O)NC1=C(c2ccc(-c3ncn(-c4ccc(OC(F)(F)F)cc4)n3)cc2)CCC1. The number of hydrogen-bond donors (Lipinski definition) is 1. The lowest BCUT2D eigenvalue weighted by atomic mass is 10.0. The van der Waals surface area contributed by atoms with Crippen LogP contribution in [-0.4, -0.2) is 44.6 Å². The van der Waals surface area contributed by atoms with E-state index in [0.29, 0.717) is 22.6 Å². The number of nitrogens with zero attached hydrogens (tertiary/aromatic N) is 5. The van der Waals surface area contributed by atoms with Crippen molar-refractivity contribution in [3.63, 3.8) is 0 Å². The van der Waals surface area contributed by atoms with E-state index in [0.717, 1.165) is 59.6 Å². The third kappa shape index (κ3) is 7.06. The van der Waals surface area contributed by atoms with Gasteiger partial charge in [0.05, 0.1) is 5.69 Å². The molecule has 1 aliphatic carbocycles. The van der Waals surface area contributed by atoms with Crippen molar-refractivity contribution in [3.8, 4) is 22.8 Å². The van der Waals surface area contributed by atoms with Gasteiger partial charge in [-0.3, -0.25) is 0 Å². The van der Waals surface area contributed by atoms with Crippen LogP contribution in [0.5, 0.6) is 5.75 Å². The average Bonchev–Trinajstić information content (AvgIpc) is 3.79. The minimum absolute atomic E-state index is 0.307. The van der Waals surface area contributed by atoms with Gasteiger partial charge in [-0.1, -0.05) is 68.1 Å². The number of amidine groups is 1. The summed E-state index contributed by atoms with van der Waals surface area (Å²) in [4.78, 5) is 24.1. The number of benzene rings is 3. The van der Waals surface area contributed by atoms with Crippen LogP contribution in [0.15, 0.2) is 89.8 Å². The van der Waals surface area contributed by atoms with Crippen LogP contribution in [0.1, 0.15) is 50.2 Å². The van der Waals surface area contributed by atoms with E-state index < -0.39 is 6.36 Å². The number of thioether (sulfide) groups is 1. The van der Waals surface area contributed by atoms with Crippen molar-refractivity contribution in [3.05, 3.63) is 95.9 Å². The second-order valence-corrected chi connectivity index (χ2v) is 12.0. The lowest BCUT2D eigenvalue weighted by Gasteiger charge is -2.23. The summed E-state index contributed by atoms with van der Waals surface area (Å²) < 4.78 is 42.8. The number of rotatable bonds is 7. The molecule has 1 aliphatic heterocycles. The maximum atomic E-state index is 13.1. The van der Waals surface area contributed by atoms with Crippen LogP contribution in [0.25, 0.3) is 22.6 Å². The zero-order chi connectivity index (χ0) is 31.6. The van der Waals surface area contributed by atoms with Crippen LogP contribution >= 0.6 is 11.8 Å². The van der Waals surface area contributed by atoms with Gasteiger partial charge in [0.1, 0.15) is 12.1 Å². The quantitative estimate of drug-likeness (QED) is 0.221. The maximum absolute atomic E-state index is 13.1. The van der Waals surface area contributed by atoms with Crippen molar-refractivity contribution in [1.29, 1.82) is 0 Å². The molecule has 232 valence electrons. The first-order valence-electron chi connectivity index (χ1n) is 14.6. The van der Waals surface area contributed by atoms with E-state index in [-0.39, 0.29) is 11.8 Å². The third-order valence-electron chi connectivity index (χ3n) is 7.62. The summed E-state index contributed by atoms with van der Waals surface area (Å²) in [6.45, 7) is 5.13. The minimum atomic E-state index is -4.75. The molecular formula is C33H31F3N6O2S. The summed E-state index contributed by atoms with van der Waals surface area (Å²) in [5.74, 6) is 1.39. The van der Waals surface area contributed by atoms with Gasteiger partial charge in [-0.25, -0.2) is 14.5 Å². The number of carbonyl (C=O) groups is 1. The Morgan fingerprint density at radius 2 is 1.73 bits per heavy atom. The molecule has 2 heterocycles. The number of alkyl halides is 3. The highest BCUT2D eigenvalue weighted by molar-refractivity contribution is 8.14.